The largest absolute Gasteiger partial charge is 0.359 e. The van der Waals surface area contributed by atoms with Crippen molar-refractivity contribution in [1.29, 1.82) is 0 Å². The predicted molar refractivity (Wildman–Crippen MR) is 104 cm³/mol. The summed E-state index contributed by atoms with van der Waals surface area (Å²) in [6.45, 7) is 0.896. The van der Waals surface area contributed by atoms with Crippen LogP contribution >= 0.6 is 0 Å². The van der Waals surface area contributed by atoms with Crippen molar-refractivity contribution in [3.8, 4) is 0 Å². The summed E-state index contributed by atoms with van der Waals surface area (Å²) < 4.78 is 25.8. The highest BCUT2D eigenvalue weighted by molar-refractivity contribution is 7.92. The molecule has 0 fully saturated rings. The molecule has 0 amide bonds. The summed E-state index contributed by atoms with van der Waals surface area (Å²) in [4.78, 5) is 3.26. The highest BCUT2D eigenvalue weighted by atomic mass is 32.2. The quantitative estimate of drug-likeness (QED) is 0.607. The van der Waals surface area contributed by atoms with Gasteiger partial charge >= 0.3 is 0 Å². The number of aromatic nitrogens is 1. The normalized spacial score (nSPS) is 13.0. The average molecular weight is 357 g/mol. The van der Waals surface area contributed by atoms with Gasteiger partial charge in [0.15, 0.2) is 0 Å². The second kappa shape index (κ2) is 7.29. The Bertz CT molecular complexity index is 949. The van der Waals surface area contributed by atoms with Gasteiger partial charge in [-0.2, -0.15) is 0 Å². The molecule has 0 aliphatic carbocycles. The Labute approximate surface area is 148 Å². The predicted octanol–water partition coefficient (Wildman–Crippen LogP) is 3.28. The molecule has 132 valence electrons. The highest BCUT2D eigenvalue weighted by Crippen LogP contribution is 2.35. The van der Waals surface area contributed by atoms with Gasteiger partial charge in [-0.15, -0.1) is 0 Å². The molecule has 3 aromatic rings. The summed E-state index contributed by atoms with van der Waals surface area (Å²) in [6.07, 6.45) is 4.11. The molecule has 0 saturated heterocycles. The van der Waals surface area contributed by atoms with Crippen LogP contribution in [0, 0.1) is 0 Å². The molecule has 6 heteroatoms. The summed E-state index contributed by atoms with van der Waals surface area (Å²) in [5, 5.41) is 4.26. The van der Waals surface area contributed by atoms with Crippen molar-refractivity contribution in [2.75, 3.05) is 24.6 Å². The van der Waals surface area contributed by atoms with Crippen molar-refractivity contribution in [3.05, 3.63) is 65.9 Å². The summed E-state index contributed by atoms with van der Waals surface area (Å²) in [5.74, 6) is 0.232. The first-order chi connectivity index (χ1) is 12.0. The van der Waals surface area contributed by atoms with E-state index in [2.05, 4.69) is 27.2 Å². The molecule has 3 rings (SSSR count). The second-order valence-corrected chi connectivity index (χ2v) is 7.95. The zero-order valence-corrected chi connectivity index (χ0v) is 15.2. The summed E-state index contributed by atoms with van der Waals surface area (Å²) in [7, 11) is -1.38. The lowest BCUT2D eigenvalue weighted by Gasteiger charge is -2.17. The fourth-order valence-electron chi connectivity index (χ4n) is 3.22. The van der Waals surface area contributed by atoms with Gasteiger partial charge in [0.2, 0.25) is 10.0 Å². The Hall–Kier alpha value is -2.31. The second-order valence-electron chi connectivity index (χ2n) is 6.20. The van der Waals surface area contributed by atoms with Crippen molar-refractivity contribution in [1.82, 2.24) is 10.3 Å². The van der Waals surface area contributed by atoms with Crippen molar-refractivity contribution >= 4 is 26.6 Å². The van der Waals surface area contributed by atoms with Crippen LogP contribution in [0.5, 0.6) is 0 Å². The van der Waals surface area contributed by atoms with Crippen LogP contribution in [0.15, 0.2) is 54.7 Å². The van der Waals surface area contributed by atoms with Gasteiger partial charge in [-0.05, 0) is 37.2 Å². The number of anilines is 1. The number of hydrogen-bond donors (Lipinski definition) is 3. The topological polar surface area (TPSA) is 74.0 Å². The fraction of sp³-hybridized carbons (Fsp3) is 0.263. The Morgan fingerprint density at radius 3 is 2.52 bits per heavy atom. The molecule has 0 aliphatic heterocycles. The molecule has 0 aliphatic rings. The minimum absolute atomic E-state index is 0.232. The SMILES string of the molecule is CNCCC(c1ccccc1)c1c[nH]c2c(NS(C)(=O)=O)cccc12. The van der Waals surface area contributed by atoms with Crippen LogP contribution in [0.4, 0.5) is 5.69 Å². The van der Waals surface area contributed by atoms with Gasteiger partial charge in [0.25, 0.3) is 0 Å². The van der Waals surface area contributed by atoms with Gasteiger partial charge in [-0.25, -0.2) is 8.42 Å². The van der Waals surface area contributed by atoms with Gasteiger partial charge in [0.1, 0.15) is 0 Å². The maximum Gasteiger partial charge on any atom is 0.229 e. The van der Waals surface area contributed by atoms with E-state index in [1.54, 1.807) is 6.07 Å². The standard InChI is InChI=1S/C19H23N3O2S/c1-20-12-11-15(14-7-4-3-5-8-14)17-13-21-19-16(17)9-6-10-18(19)22-25(2,23)24/h3-10,13,15,20-22H,11-12H2,1-2H3. The highest BCUT2D eigenvalue weighted by Gasteiger charge is 2.19. The van der Waals surface area contributed by atoms with Gasteiger partial charge in [0, 0.05) is 17.5 Å². The van der Waals surface area contributed by atoms with E-state index in [0.29, 0.717) is 5.69 Å². The van der Waals surface area contributed by atoms with E-state index < -0.39 is 10.0 Å². The average Bonchev–Trinajstić information content (AvgIpc) is 3.00. The van der Waals surface area contributed by atoms with Crippen LogP contribution in [0.1, 0.15) is 23.5 Å². The lowest BCUT2D eigenvalue weighted by molar-refractivity contribution is 0.607. The van der Waals surface area contributed by atoms with E-state index in [-0.39, 0.29) is 5.92 Å². The number of para-hydroxylation sites is 1. The van der Waals surface area contributed by atoms with E-state index in [1.807, 2.05) is 43.6 Å². The molecule has 1 atom stereocenters. The smallest absolute Gasteiger partial charge is 0.229 e. The molecule has 1 heterocycles. The summed E-state index contributed by atoms with van der Waals surface area (Å²) in [5.41, 5.74) is 3.81. The molecular weight excluding hydrogens is 334 g/mol. The van der Waals surface area contributed by atoms with E-state index in [4.69, 9.17) is 0 Å². The Morgan fingerprint density at radius 2 is 1.84 bits per heavy atom. The number of sulfonamides is 1. The minimum Gasteiger partial charge on any atom is -0.359 e. The van der Waals surface area contributed by atoms with Crippen LogP contribution in [0.2, 0.25) is 0 Å². The van der Waals surface area contributed by atoms with E-state index in [9.17, 15) is 8.42 Å². The first-order valence-electron chi connectivity index (χ1n) is 8.27. The monoisotopic (exact) mass is 357 g/mol. The van der Waals surface area contributed by atoms with Gasteiger partial charge in [-0.1, -0.05) is 42.5 Å². The molecule has 2 aromatic carbocycles. The minimum atomic E-state index is -3.33. The number of rotatable bonds is 7. The number of H-pyrrole nitrogens is 1. The number of benzene rings is 2. The van der Waals surface area contributed by atoms with Crippen molar-refractivity contribution in [3.63, 3.8) is 0 Å². The Balaban J connectivity index is 2.08. The lowest BCUT2D eigenvalue weighted by atomic mass is 9.88. The molecule has 5 nitrogen and oxygen atoms in total. The molecule has 1 aromatic heterocycles. The number of nitrogens with one attached hydrogen (secondary N) is 3. The van der Waals surface area contributed by atoms with Crippen LogP contribution in [-0.2, 0) is 10.0 Å². The zero-order valence-electron chi connectivity index (χ0n) is 14.4. The number of fused-ring (bicyclic) bond motifs is 1. The number of aromatic amines is 1. The summed E-state index contributed by atoms with van der Waals surface area (Å²) in [6, 6.07) is 16.1. The van der Waals surface area contributed by atoms with Gasteiger partial charge < -0.3 is 10.3 Å². The van der Waals surface area contributed by atoms with Crippen LogP contribution in [-0.4, -0.2) is 33.2 Å². The first-order valence-corrected chi connectivity index (χ1v) is 10.2. The molecule has 3 N–H and O–H groups in total. The molecule has 0 radical (unpaired) electrons. The van der Waals surface area contributed by atoms with E-state index >= 15 is 0 Å². The molecular formula is C19H23N3O2S. The first kappa shape index (κ1) is 17.5. The van der Waals surface area contributed by atoms with Crippen LogP contribution < -0.4 is 10.0 Å². The maximum atomic E-state index is 11.6. The third kappa shape index (κ3) is 4.03. The molecule has 1 unspecified atom stereocenters. The Morgan fingerprint density at radius 1 is 1.08 bits per heavy atom. The molecule has 25 heavy (non-hydrogen) atoms. The van der Waals surface area contributed by atoms with Gasteiger partial charge in [0.05, 0.1) is 17.5 Å². The van der Waals surface area contributed by atoms with Crippen LogP contribution in [0.3, 0.4) is 0 Å². The van der Waals surface area contributed by atoms with E-state index in [1.165, 1.54) is 11.1 Å². The molecule has 0 spiro atoms. The fourth-order valence-corrected chi connectivity index (χ4v) is 3.79. The molecule has 0 saturated carbocycles. The van der Waals surface area contributed by atoms with Crippen molar-refractivity contribution in [2.24, 2.45) is 0 Å². The number of hydrogen-bond acceptors (Lipinski definition) is 3. The lowest BCUT2D eigenvalue weighted by Crippen LogP contribution is -2.13. The van der Waals surface area contributed by atoms with Crippen molar-refractivity contribution in [2.45, 2.75) is 12.3 Å². The maximum absolute atomic E-state index is 11.6. The third-order valence-electron chi connectivity index (χ3n) is 4.30. The summed E-state index contributed by atoms with van der Waals surface area (Å²) >= 11 is 0. The van der Waals surface area contributed by atoms with E-state index in [0.717, 1.165) is 30.1 Å². The Kier molecular flexibility index (Phi) is 5.11. The zero-order chi connectivity index (χ0) is 17.9. The molecule has 0 bridgehead atoms. The van der Waals surface area contributed by atoms with Crippen LogP contribution in [0.25, 0.3) is 10.9 Å². The van der Waals surface area contributed by atoms with Crippen molar-refractivity contribution < 1.29 is 8.42 Å². The van der Waals surface area contributed by atoms with Gasteiger partial charge in [-0.3, -0.25) is 4.72 Å². The third-order valence-corrected chi connectivity index (χ3v) is 4.89.